The number of carbonyl (C=O) groups is 1. The number of nitrogens with one attached hydrogen (secondary N) is 2. The number of carbonyl (C=O) groups excluding carboxylic acids is 1. The Morgan fingerprint density at radius 2 is 1.90 bits per heavy atom. The third-order valence-corrected chi connectivity index (χ3v) is 6.91. The van der Waals surface area contributed by atoms with Crippen molar-refractivity contribution < 1.29 is 13.9 Å². The number of amides is 1. The van der Waals surface area contributed by atoms with Gasteiger partial charge >= 0.3 is 6.01 Å². The van der Waals surface area contributed by atoms with Gasteiger partial charge < -0.3 is 20.3 Å². The second kappa shape index (κ2) is 10.2. The predicted octanol–water partition coefficient (Wildman–Crippen LogP) is 3.41. The fourth-order valence-corrected chi connectivity index (χ4v) is 5.32. The molecule has 0 spiro atoms. The zero-order valence-electron chi connectivity index (χ0n) is 22.7. The van der Waals surface area contributed by atoms with Crippen molar-refractivity contribution in [2.45, 2.75) is 32.5 Å². The molecule has 1 fully saturated rings. The van der Waals surface area contributed by atoms with Crippen LogP contribution >= 0.6 is 0 Å². The normalized spacial score (nSPS) is 17.5. The maximum Gasteiger partial charge on any atom is 0.317 e. The number of nitrogens with zero attached hydrogens (tertiary/aromatic N) is 7. The Morgan fingerprint density at radius 1 is 1.10 bits per heavy atom. The van der Waals surface area contributed by atoms with Crippen LogP contribution in [0.2, 0.25) is 0 Å². The van der Waals surface area contributed by atoms with E-state index in [0.29, 0.717) is 34.2 Å². The van der Waals surface area contributed by atoms with Gasteiger partial charge in [0.05, 0.1) is 17.3 Å². The van der Waals surface area contributed by atoms with Gasteiger partial charge in [0.2, 0.25) is 0 Å². The van der Waals surface area contributed by atoms with Gasteiger partial charge in [0.1, 0.15) is 12.1 Å². The number of hydrogen-bond donors (Lipinski definition) is 2. The van der Waals surface area contributed by atoms with E-state index in [4.69, 9.17) is 4.74 Å². The molecule has 1 aliphatic heterocycles. The molecule has 1 amide bonds. The molecule has 40 heavy (non-hydrogen) atoms. The van der Waals surface area contributed by atoms with Crippen LogP contribution in [0.15, 0.2) is 49.1 Å². The van der Waals surface area contributed by atoms with E-state index in [2.05, 4.69) is 49.5 Å². The van der Waals surface area contributed by atoms with Gasteiger partial charge in [-0.25, -0.2) is 9.37 Å². The molecule has 0 unspecified atom stereocenters. The summed E-state index contributed by atoms with van der Waals surface area (Å²) in [4.78, 5) is 25.0. The van der Waals surface area contributed by atoms with E-state index in [1.54, 1.807) is 42.5 Å². The fourth-order valence-electron chi connectivity index (χ4n) is 5.32. The summed E-state index contributed by atoms with van der Waals surface area (Å²) in [6.45, 7) is 6.12. The lowest BCUT2D eigenvalue weighted by molar-refractivity contribution is 0.102. The van der Waals surface area contributed by atoms with Crippen LogP contribution in [0.25, 0.3) is 21.8 Å². The second-order valence-corrected chi connectivity index (χ2v) is 10.4. The summed E-state index contributed by atoms with van der Waals surface area (Å²) in [5.41, 5.74) is 3.16. The highest BCUT2D eigenvalue weighted by atomic mass is 19.1. The lowest BCUT2D eigenvalue weighted by atomic mass is 10.0. The van der Waals surface area contributed by atoms with Gasteiger partial charge in [-0.1, -0.05) is 0 Å². The predicted molar refractivity (Wildman–Crippen MR) is 150 cm³/mol. The highest BCUT2D eigenvalue weighted by Crippen LogP contribution is 2.31. The van der Waals surface area contributed by atoms with Gasteiger partial charge in [0.25, 0.3) is 5.91 Å². The van der Waals surface area contributed by atoms with Crippen LogP contribution in [0.5, 0.6) is 6.01 Å². The number of ether oxygens (including phenoxy) is 1. The Bertz CT molecular complexity index is 1720. The summed E-state index contributed by atoms with van der Waals surface area (Å²) in [6.07, 6.45) is 6.96. The van der Waals surface area contributed by atoms with E-state index in [0.717, 1.165) is 29.7 Å². The number of benzene rings is 2. The van der Waals surface area contributed by atoms with Crippen molar-refractivity contribution in [3.63, 3.8) is 0 Å². The molecule has 0 bridgehead atoms. The van der Waals surface area contributed by atoms with Crippen molar-refractivity contribution in [3.05, 3.63) is 66.0 Å². The molecule has 0 aliphatic carbocycles. The molecule has 206 valence electrons. The van der Waals surface area contributed by atoms with Gasteiger partial charge in [0.15, 0.2) is 5.82 Å². The standard InChI is InChI=1S/C28H30FN9O2/c1-16-11-38(12-17(2)32-16)24-6-5-21(27(39)33-20-7-19-14-37(4)35-25(19)23(29)8-20)26-22(24)10-30-28(34-26)40-15-18-9-31-36(3)13-18/h5-10,13-14,16-17,32H,11-12,15H2,1-4H3,(H,33,39)/t16-,17+. The smallest absolute Gasteiger partial charge is 0.317 e. The lowest BCUT2D eigenvalue weighted by Gasteiger charge is -2.38. The van der Waals surface area contributed by atoms with E-state index < -0.39 is 11.7 Å². The molecule has 3 aromatic heterocycles. The first kappa shape index (κ1) is 25.7. The van der Waals surface area contributed by atoms with Crippen LogP contribution in [-0.2, 0) is 20.7 Å². The van der Waals surface area contributed by atoms with Crippen molar-refractivity contribution in [3.8, 4) is 6.01 Å². The van der Waals surface area contributed by atoms with Crippen molar-refractivity contribution in [1.29, 1.82) is 0 Å². The summed E-state index contributed by atoms with van der Waals surface area (Å²) >= 11 is 0. The Morgan fingerprint density at radius 3 is 2.65 bits per heavy atom. The minimum atomic E-state index is -0.510. The number of hydrogen-bond acceptors (Lipinski definition) is 8. The van der Waals surface area contributed by atoms with Crippen LogP contribution in [-0.4, -0.2) is 60.6 Å². The van der Waals surface area contributed by atoms with Gasteiger partial charge in [-0.05, 0) is 38.1 Å². The van der Waals surface area contributed by atoms with Crippen molar-refractivity contribution >= 4 is 39.1 Å². The molecule has 0 saturated carbocycles. The van der Waals surface area contributed by atoms with Crippen LogP contribution in [0.1, 0.15) is 29.8 Å². The molecule has 1 saturated heterocycles. The zero-order valence-corrected chi connectivity index (χ0v) is 22.7. The number of piperazine rings is 1. The van der Waals surface area contributed by atoms with Crippen LogP contribution < -0.4 is 20.3 Å². The number of rotatable bonds is 6. The minimum Gasteiger partial charge on any atom is -0.458 e. The largest absolute Gasteiger partial charge is 0.458 e. The van der Waals surface area contributed by atoms with Crippen molar-refractivity contribution in [1.82, 2.24) is 34.8 Å². The summed E-state index contributed by atoms with van der Waals surface area (Å²) in [6, 6.07) is 7.37. The molecule has 12 heteroatoms. The summed E-state index contributed by atoms with van der Waals surface area (Å²) in [5, 5.41) is 16.0. The SMILES string of the molecule is C[C@@H]1CN(c2ccc(C(=O)Nc3cc(F)c4nn(C)cc4c3)c3nc(OCc4cnn(C)c4)ncc23)C[C@H](C)N1. The molecule has 2 atom stereocenters. The van der Waals surface area contributed by atoms with E-state index in [-0.39, 0.29) is 18.1 Å². The molecule has 5 aromatic rings. The summed E-state index contributed by atoms with van der Waals surface area (Å²) in [5.74, 6) is -0.929. The average molecular weight is 544 g/mol. The van der Waals surface area contributed by atoms with Gasteiger partial charge in [-0.15, -0.1) is 0 Å². The number of fused-ring (bicyclic) bond motifs is 2. The maximum atomic E-state index is 14.7. The summed E-state index contributed by atoms with van der Waals surface area (Å²) in [7, 11) is 3.55. The van der Waals surface area contributed by atoms with Gasteiger partial charge in [0, 0.05) is 85.6 Å². The summed E-state index contributed by atoms with van der Waals surface area (Å²) < 4.78 is 23.8. The minimum absolute atomic E-state index is 0.146. The molecule has 6 rings (SSSR count). The van der Waals surface area contributed by atoms with Crippen LogP contribution in [0.4, 0.5) is 15.8 Å². The molecule has 1 aliphatic rings. The monoisotopic (exact) mass is 543 g/mol. The molecule has 2 aromatic carbocycles. The van der Waals surface area contributed by atoms with Gasteiger partial charge in [-0.3, -0.25) is 14.2 Å². The molecular formula is C28H30FN9O2. The Labute approximate surface area is 230 Å². The van der Waals surface area contributed by atoms with Crippen molar-refractivity contribution in [2.75, 3.05) is 23.3 Å². The van der Waals surface area contributed by atoms with E-state index in [9.17, 15) is 9.18 Å². The Hall–Kier alpha value is -4.58. The quantitative estimate of drug-likeness (QED) is 0.335. The Balaban J connectivity index is 1.37. The maximum absolute atomic E-state index is 14.7. The number of aromatic nitrogens is 6. The lowest BCUT2D eigenvalue weighted by Crippen LogP contribution is -2.54. The highest BCUT2D eigenvalue weighted by Gasteiger charge is 2.25. The van der Waals surface area contributed by atoms with Crippen LogP contribution in [0.3, 0.4) is 0 Å². The fraction of sp³-hybridized carbons (Fsp3) is 0.321. The Kier molecular flexibility index (Phi) is 6.54. The number of halogens is 1. The number of anilines is 2. The topological polar surface area (TPSA) is 115 Å². The molecule has 0 radical (unpaired) electrons. The third kappa shape index (κ3) is 5.05. The number of aryl methyl sites for hydroxylation is 2. The molecule has 4 heterocycles. The molecular weight excluding hydrogens is 513 g/mol. The highest BCUT2D eigenvalue weighted by molar-refractivity contribution is 6.14. The first-order valence-electron chi connectivity index (χ1n) is 13.1. The molecule has 11 nitrogen and oxygen atoms in total. The first-order valence-corrected chi connectivity index (χ1v) is 13.1. The third-order valence-electron chi connectivity index (χ3n) is 6.91. The zero-order chi connectivity index (χ0) is 28.0. The second-order valence-electron chi connectivity index (χ2n) is 10.4. The van der Waals surface area contributed by atoms with Crippen molar-refractivity contribution in [2.24, 2.45) is 14.1 Å². The van der Waals surface area contributed by atoms with E-state index in [1.165, 1.54) is 10.7 Å². The van der Waals surface area contributed by atoms with Crippen LogP contribution in [0, 0.1) is 5.82 Å². The first-order chi connectivity index (χ1) is 19.2. The molecule has 2 N–H and O–H groups in total. The van der Waals surface area contributed by atoms with E-state index in [1.807, 2.05) is 19.3 Å². The van der Waals surface area contributed by atoms with Gasteiger partial charge in [-0.2, -0.15) is 15.2 Å². The average Bonchev–Trinajstić information content (AvgIpc) is 3.50. The van der Waals surface area contributed by atoms with E-state index >= 15 is 0 Å².